The molecule has 6 nitrogen and oxygen atoms in total. The fourth-order valence-electron chi connectivity index (χ4n) is 2.31. The highest BCUT2D eigenvalue weighted by Crippen LogP contribution is 2.22. The zero-order valence-corrected chi connectivity index (χ0v) is 12.8. The van der Waals surface area contributed by atoms with Crippen LogP contribution in [0.3, 0.4) is 0 Å². The molecule has 0 bridgehead atoms. The number of phenolic OH excluding ortho intramolecular Hbond substituents is 1. The van der Waals surface area contributed by atoms with Gasteiger partial charge in [0.15, 0.2) is 0 Å². The van der Waals surface area contributed by atoms with Gasteiger partial charge in [-0.15, -0.1) is 0 Å². The Morgan fingerprint density at radius 1 is 1.17 bits per heavy atom. The number of phenols is 1. The Morgan fingerprint density at radius 3 is 2.79 bits per heavy atom. The highest BCUT2D eigenvalue weighted by molar-refractivity contribution is 5.90. The van der Waals surface area contributed by atoms with Crippen LogP contribution in [0.1, 0.15) is 15.9 Å². The van der Waals surface area contributed by atoms with E-state index in [0.29, 0.717) is 22.3 Å². The molecular weight excluding hydrogens is 312 g/mol. The van der Waals surface area contributed by atoms with Crippen molar-refractivity contribution in [2.75, 3.05) is 7.11 Å². The second-order valence-electron chi connectivity index (χ2n) is 5.08. The molecule has 0 unspecified atom stereocenters. The highest BCUT2D eigenvalue weighted by Gasteiger charge is 2.12. The minimum atomic E-state index is -0.583. The van der Waals surface area contributed by atoms with Gasteiger partial charge in [0.2, 0.25) is 0 Å². The van der Waals surface area contributed by atoms with Crippen LogP contribution in [0, 0.1) is 0 Å². The van der Waals surface area contributed by atoms with Gasteiger partial charge >= 0.3 is 11.6 Å². The summed E-state index contributed by atoms with van der Waals surface area (Å²) in [6, 6.07) is 12.3. The average molecular weight is 326 g/mol. The van der Waals surface area contributed by atoms with Crippen LogP contribution in [0.25, 0.3) is 11.0 Å². The third kappa shape index (κ3) is 3.22. The van der Waals surface area contributed by atoms with Crippen LogP contribution >= 0.6 is 0 Å². The van der Waals surface area contributed by atoms with Gasteiger partial charge in [0, 0.05) is 23.1 Å². The number of aromatic hydroxyl groups is 1. The molecule has 1 heterocycles. The van der Waals surface area contributed by atoms with E-state index < -0.39 is 11.6 Å². The SMILES string of the molecule is COc1cccc(C(=O)OCc2cc(=O)oc3cc(O)ccc23)c1. The first-order chi connectivity index (χ1) is 11.6. The molecule has 0 saturated heterocycles. The lowest BCUT2D eigenvalue weighted by Crippen LogP contribution is -2.08. The van der Waals surface area contributed by atoms with Gasteiger partial charge in [-0.1, -0.05) is 6.07 Å². The molecular formula is C18H14O6. The predicted molar refractivity (Wildman–Crippen MR) is 86.3 cm³/mol. The van der Waals surface area contributed by atoms with Crippen LogP contribution in [0.15, 0.2) is 57.7 Å². The summed E-state index contributed by atoms with van der Waals surface area (Å²) >= 11 is 0. The lowest BCUT2D eigenvalue weighted by atomic mass is 10.1. The maximum atomic E-state index is 12.1. The second-order valence-corrected chi connectivity index (χ2v) is 5.08. The van der Waals surface area contributed by atoms with Crippen molar-refractivity contribution >= 4 is 16.9 Å². The van der Waals surface area contributed by atoms with Crippen molar-refractivity contribution in [3.63, 3.8) is 0 Å². The molecule has 3 rings (SSSR count). The van der Waals surface area contributed by atoms with Gasteiger partial charge in [-0.3, -0.25) is 0 Å². The molecule has 0 aliphatic heterocycles. The Kier molecular flexibility index (Phi) is 4.20. The van der Waals surface area contributed by atoms with Gasteiger partial charge in [0.1, 0.15) is 23.7 Å². The molecule has 0 fully saturated rings. The van der Waals surface area contributed by atoms with E-state index in [2.05, 4.69) is 0 Å². The van der Waals surface area contributed by atoms with Crippen molar-refractivity contribution in [3.8, 4) is 11.5 Å². The molecule has 0 atom stereocenters. The van der Waals surface area contributed by atoms with Gasteiger partial charge in [-0.2, -0.15) is 0 Å². The van der Waals surface area contributed by atoms with E-state index in [-0.39, 0.29) is 17.9 Å². The van der Waals surface area contributed by atoms with Crippen LogP contribution in [-0.4, -0.2) is 18.2 Å². The van der Waals surface area contributed by atoms with Crippen molar-refractivity contribution in [3.05, 3.63) is 70.1 Å². The van der Waals surface area contributed by atoms with Crippen LogP contribution < -0.4 is 10.4 Å². The smallest absolute Gasteiger partial charge is 0.338 e. The number of carbonyl (C=O) groups excluding carboxylic acids is 1. The third-order valence-corrected chi connectivity index (χ3v) is 3.48. The van der Waals surface area contributed by atoms with Crippen molar-refractivity contribution < 1.29 is 23.8 Å². The molecule has 0 radical (unpaired) electrons. The summed E-state index contributed by atoms with van der Waals surface area (Å²) in [5, 5.41) is 10.1. The molecule has 1 N–H and O–H groups in total. The van der Waals surface area contributed by atoms with Gasteiger partial charge < -0.3 is 19.0 Å². The number of esters is 1. The Hall–Kier alpha value is -3.28. The topological polar surface area (TPSA) is 86.0 Å². The number of rotatable bonds is 4. The number of carbonyl (C=O) groups is 1. The summed E-state index contributed by atoms with van der Waals surface area (Å²) in [5.41, 5.74) is 0.493. The molecule has 122 valence electrons. The lowest BCUT2D eigenvalue weighted by Gasteiger charge is -2.08. The Labute approximate surface area is 136 Å². The molecule has 24 heavy (non-hydrogen) atoms. The number of benzene rings is 2. The van der Waals surface area contributed by atoms with Gasteiger partial charge in [0.25, 0.3) is 0 Å². The first-order valence-electron chi connectivity index (χ1n) is 7.14. The van der Waals surface area contributed by atoms with E-state index in [1.807, 2.05) is 0 Å². The first-order valence-corrected chi connectivity index (χ1v) is 7.14. The van der Waals surface area contributed by atoms with E-state index in [0.717, 1.165) is 0 Å². The molecule has 0 saturated carbocycles. The summed E-state index contributed by atoms with van der Waals surface area (Å²) in [4.78, 5) is 23.8. The fourth-order valence-corrected chi connectivity index (χ4v) is 2.31. The minimum absolute atomic E-state index is 0.0174. The summed E-state index contributed by atoms with van der Waals surface area (Å²) in [6.45, 7) is -0.0943. The van der Waals surface area contributed by atoms with Crippen molar-refractivity contribution in [1.29, 1.82) is 0 Å². The monoisotopic (exact) mass is 326 g/mol. The largest absolute Gasteiger partial charge is 0.508 e. The molecule has 0 aliphatic carbocycles. The van der Waals surface area contributed by atoms with Crippen LogP contribution in [0.4, 0.5) is 0 Å². The van der Waals surface area contributed by atoms with Gasteiger partial charge in [-0.05, 0) is 30.3 Å². The van der Waals surface area contributed by atoms with Crippen molar-refractivity contribution in [1.82, 2.24) is 0 Å². The summed E-state index contributed by atoms with van der Waals surface area (Å²) in [7, 11) is 1.51. The molecule has 6 heteroatoms. The number of methoxy groups -OCH3 is 1. The predicted octanol–water partition coefficient (Wildman–Crippen LogP) is 2.86. The third-order valence-electron chi connectivity index (χ3n) is 3.48. The molecule has 3 aromatic rings. The molecule has 0 amide bonds. The van der Waals surface area contributed by atoms with E-state index in [9.17, 15) is 14.7 Å². The Morgan fingerprint density at radius 2 is 2.00 bits per heavy atom. The van der Waals surface area contributed by atoms with Crippen molar-refractivity contribution in [2.24, 2.45) is 0 Å². The van der Waals surface area contributed by atoms with Crippen molar-refractivity contribution in [2.45, 2.75) is 6.61 Å². The van der Waals surface area contributed by atoms with Gasteiger partial charge in [-0.25, -0.2) is 9.59 Å². The molecule has 1 aromatic heterocycles. The highest BCUT2D eigenvalue weighted by atomic mass is 16.5. The first kappa shape index (κ1) is 15.6. The standard InChI is InChI=1S/C18H14O6/c1-22-14-4-2-3-11(7-14)18(21)23-10-12-8-17(20)24-16-9-13(19)5-6-15(12)16/h2-9,19H,10H2,1H3. The lowest BCUT2D eigenvalue weighted by molar-refractivity contribution is 0.0473. The van der Waals surface area contributed by atoms with Crippen LogP contribution in [-0.2, 0) is 11.3 Å². The average Bonchev–Trinajstić information content (AvgIpc) is 2.58. The summed E-state index contributed by atoms with van der Waals surface area (Å²) < 4.78 is 15.4. The van der Waals surface area contributed by atoms with E-state index in [4.69, 9.17) is 13.9 Å². The fraction of sp³-hybridized carbons (Fsp3) is 0.111. The second kappa shape index (κ2) is 6.45. The number of fused-ring (bicyclic) bond motifs is 1. The van der Waals surface area contributed by atoms with Gasteiger partial charge in [0.05, 0.1) is 12.7 Å². The zero-order valence-electron chi connectivity index (χ0n) is 12.8. The number of hydrogen-bond acceptors (Lipinski definition) is 6. The number of hydrogen-bond donors (Lipinski definition) is 1. The normalized spacial score (nSPS) is 10.5. The summed E-state index contributed by atoms with van der Waals surface area (Å²) in [5.74, 6) is -0.00373. The van der Waals surface area contributed by atoms with Crippen LogP contribution in [0.2, 0.25) is 0 Å². The molecule has 2 aromatic carbocycles. The van der Waals surface area contributed by atoms with E-state index in [1.165, 1.54) is 25.3 Å². The summed E-state index contributed by atoms with van der Waals surface area (Å²) in [6.07, 6.45) is 0. The molecule has 0 spiro atoms. The minimum Gasteiger partial charge on any atom is -0.508 e. The van der Waals surface area contributed by atoms with E-state index >= 15 is 0 Å². The quantitative estimate of drug-likeness (QED) is 0.586. The maximum Gasteiger partial charge on any atom is 0.338 e. The van der Waals surface area contributed by atoms with E-state index in [1.54, 1.807) is 30.3 Å². The Balaban J connectivity index is 1.85. The maximum absolute atomic E-state index is 12.1. The Bertz CT molecular complexity index is 957. The zero-order chi connectivity index (χ0) is 17.1. The van der Waals surface area contributed by atoms with Crippen LogP contribution in [0.5, 0.6) is 11.5 Å². The number of ether oxygens (including phenoxy) is 2. The molecule has 0 aliphatic rings.